The van der Waals surface area contributed by atoms with E-state index in [-0.39, 0.29) is 5.69 Å². The molecule has 0 bridgehead atoms. The minimum absolute atomic E-state index is 0.0421. The molecule has 19 heavy (non-hydrogen) atoms. The van der Waals surface area contributed by atoms with Crippen molar-refractivity contribution in [3.05, 3.63) is 28.3 Å². The normalized spacial score (nSPS) is 16.1. The summed E-state index contributed by atoms with van der Waals surface area (Å²) in [5.74, 6) is 0.520. The third kappa shape index (κ3) is 3.82. The summed E-state index contributed by atoms with van der Waals surface area (Å²) in [6, 6.07) is 5.08. The van der Waals surface area contributed by atoms with Crippen molar-refractivity contribution in [1.82, 2.24) is 0 Å². The smallest absolute Gasteiger partial charge is 0.275 e. The summed E-state index contributed by atoms with van der Waals surface area (Å²) in [6.45, 7) is 3.79. The molecule has 1 aromatic carbocycles. The first-order valence-corrected chi connectivity index (χ1v) is 6.45. The highest BCUT2D eigenvalue weighted by Gasteiger charge is 2.16. The van der Waals surface area contributed by atoms with Crippen LogP contribution in [0.25, 0.3) is 0 Å². The van der Waals surface area contributed by atoms with Gasteiger partial charge in [-0.05, 0) is 19.8 Å². The standard InChI is InChI=1S/C13H18N2O4/c1-2-19-13-8-11(7-12(9-13)15(16)17)14-10-3-5-18-6-4-10/h7-10,14H,2-6H2,1H3. The fourth-order valence-corrected chi connectivity index (χ4v) is 2.10. The molecule has 2 rings (SSSR count). The molecule has 6 nitrogen and oxygen atoms in total. The predicted molar refractivity (Wildman–Crippen MR) is 71.7 cm³/mol. The van der Waals surface area contributed by atoms with Gasteiger partial charge in [0.15, 0.2) is 0 Å². The number of hydrogen-bond donors (Lipinski definition) is 1. The van der Waals surface area contributed by atoms with Crippen LogP contribution in [0.5, 0.6) is 5.75 Å². The molecule has 0 saturated carbocycles. The Balaban J connectivity index is 2.15. The van der Waals surface area contributed by atoms with Crippen LogP contribution in [-0.2, 0) is 4.74 Å². The molecule has 1 fully saturated rings. The number of benzene rings is 1. The number of anilines is 1. The van der Waals surface area contributed by atoms with Crippen molar-refractivity contribution in [3.8, 4) is 5.75 Å². The zero-order chi connectivity index (χ0) is 13.7. The van der Waals surface area contributed by atoms with Crippen molar-refractivity contribution < 1.29 is 14.4 Å². The maximum atomic E-state index is 10.9. The molecule has 1 saturated heterocycles. The molecule has 104 valence electrons. The third-order valence-corrected chi connectivity index (χ3v) is 3.01. The van der Waals surface area contributed by atoms with E-state index in [1.807, 2.05) is 6.92 Å². The van der Waals surface area contributed by atoms with E-state index >= 15 is 0 Å². The van der Waals surface area contributed by atoms with Crippen LogP contribution in [0.4, 0.5) is 11.4 Å². The largest absolute Gasteiger partial charge is 0.494 e. The molecule has 0 aliphatic carbocycles. The van der Waals surface area contributed by atoms with Gasteiger partial charge in [-0.15, -0.1) is 0 Å². The van der Waals surface area contributed by atoms with Crippen molar-refractivity contribution in [2.24, 2.45) is 0 Å². The Morgan fingerprint density at radius 2 is 2.16 bits per heavy atom. The molecule has 1 N–H and O–H groups in total. The molecule has 1 aliphatic rings. The van der Waals surface area contributed by atoms with Gasteiger partial charge in [0.25, 0.3) is 5.69 Å². The highest BCUT2D eigenvalue weighted by Crippen LogP contribution is 2.27. The molecule has 0 amide bonds. The first-order chi connectivity index (χ1) is 9.19. The van der Waals surface area contributed by atoms with Gasteiger partial charge in [-0.1, -0.05) is 0 Å². The van der Waals surface area contributed by atoms with Crippen LogP contribution < -0.4 is 10.1 Å². The number of nitro benzene ring substituents is 1. The van der Waals surface area contributed by atoms with E-state index in [1.165, 1.54) is 12.1 Å². The van der Waals surface area contributed by atoms with E-state index < -0.39 is 4.92 Å². The molecule has 0 spiro atoms. The van der Waals surface area contributed by atoms with Gasteiger partial charge in [0.05, 0.1) is 17.6 Å². The van der Waals surface area contributed by atoms with Gasteiger partial charge in [-0.25, -0.2) is 0 Å². The van der Waals surface area contributed by atoms with Gasteiger partial charge in [0, 0.05) is 37.1 Å². The zero-order valence-electron chi connectivity index (χ0n) is 10.9. The summed E-state index contributed by atoms with van der Waals surface area (Å²) in [5, 5.41) is 14.2. The van der Waals surface area contributed by atoms with Crippen LogP contribution in [0.3, 0.4) is 0 Å². The SMILES string of the molecule is CCOc1cc(NC2CCOCC2)cc([N+](=O)[O-])c1. The Bertz CT molecular complexity index is 444. The fourth-order valence-electron chi connectivity index (χ4n) is 2.10. The summed E-state index contributed by atoms with van der Waals surface area (Å²) >= 11 is 0. The molecule has 0 unspecified atom stereocenters. The van der Waals surface area contributed by atoms with Gasteiger partial charge in [0.2, 0.25) is 0 Å². The second-order valence-corrected chi connectivity index (χ2v) is 4.44. The summed E-state index contributed by atoms with van der Waals surface area (Å²) < 4.78 is 10.6. The van der Waals surface area contributed by atoms with Crippen molar-refractivity contribution >= 4 is 11.4 Å². The van der Waals surface area contributed by atoms with E-state index in [0.717, 1.165) is 31.7 Å². The summed E-state index contributed by atoms with van der Waals surface area (Å²) in [4.78, 5) is 10.5. The van der Waals surface area contributed by atoms with Gasteiger partial charge in [-0.3, -0.25) is 10.1 Å². The average Bonchev–Trinajstić information content (AvgIpc) is 2.40. The van der Waals surface area contributed by atoms with Crippen molar-refractivity contribution in [3.63, 3.8) is 0 Å². The molecule has 1 heterocycles. The van der Waals surface area contributed by atoms with Gasteiger partial charge in [-0.2, -0.15) is 0 Å². The molecule has 1 aromatic rings. The lowest BCUT2D eigenvalue weighted by Crippen LogP contribution is -2.27. The Hall–Kier alpha value is -1.82. The summed E-state index contributed by atoms with van der Waals surface area (Å²) in [6.07, 6.45) is 1.82. The molecule has 0 aromatic heterocycles. The Kier molecular flexibility index (Phi) is 4.57. The highest BCUT2D eigenvalue weighted by atomic mass is 16.6. The van der Waals surface area contributed by atoms with E-state index in [9.17, 15) is 10.1 Å². The van der Waals surface area contributed by atoms with Crippen LogP contribution in [0, 0.1) is 10.1 Å². The van der Waals surface area contributed by atoms with Crippen LogP contribution in [0.2, 0.25) is 0 Å². The first-order valence-electron chi connectivity index (χ1n) is 6.45. The van der Waals surface area contributed by atoms with E-state index in [1.54, 1.807) is 6.07 Å². The van der Waals surface area contributed by atoms with E-state index in [0.29, 0.717) is 18.4 Å². The lowest BCUT2D eigenvalue weighted by atomic mass is 10.1. The number of ether oxygens (including phenoxy) is 2. The molecular weight excluding hydrogens is 248 g/mol. The minimum atomic E-state index is -0.405. The zero-order valence-corrected chi connectivity index (χ0v) is 10.9. The fraction of sp³-hybridized carbons (Fsp3) is 0.538. The van der Waals surface area contributed by atoms with Gasteiger partial charge in [0.1, 0.15) is 5.75 Å². The van der Waals surface area contributed by atoms with Crippen LogP contribution in [0.15, 0.2) is 18.2 Å². The van der Waals surface area contributed by atoms with E-state index in [2.05, 4.69) is 5.32 Å². The van der Waals surface area contributed by atoms with Crippen LogP contribution in [0.1, 0.15) is 19.8 Å². The van der Waals surface area contributed by atoms with Gasteiger partial charge >= 0.3 is 0 Å². The van der Waals surface area contributed by atoms with Gasteiger partial charge < -0.3 is 14.8 Å². The summed E-state index contributed by atoms with van der Waals surface area (Å²) in [5.41, 5.74) is 0.769. The minimum Gasteiger partial charge on any atom is -0.494 e. The van der Waals surface area contributed by atoms with Crippen LogP contribution in [-0.4, -0.2) is 30.8 Å². The monoisotopic (exact) mass is 266 g/mol. The number of nitrogens with one attached hydrogen (secondary N) is 1. The third-order valence-electron chi connectivity index (χ3n) is 3.01. The van der Waals surface area contributed by atoms with Crippen molar-refractivity contribution in [1.29, 1.82) is 0 Å². The molecule has 6 heteroatoms. The number of hydrogen-bond acceptors (Lipinski definition) is 5. The molecular formula is C13H18N2O4. The lowest BCUT2D eigenvalue weighted by Gasteiger charge is -2.24. The molecule has 1 aliphatic heterocycles. The second-order valence-electron chi connectivity index (χ2n) is 4.44. The second kappa shape index (κ2) is 6.38. The molecule has 0 radical (unpaired) electrons. The lowest BCUT2D eigenvalue weighted by molar-refractivity contribution is -0.384. The Labute approximate surface area is 111 Å². The number of nitrogens with zero attached hydrogens (tertiary/aromatic N) is 1. The predicted octanol–water partition coefficient (Wildman–Crippen LogP) is 2.58. The highest BCUT2D eigenvalue weighted by molar-refractivity contribution is 5.56. The average molecular weight is 266 g/mol. The first kappa shape index (κ1) is 13.6. The Morgan fingerprint density at radius 1 is 1.42 bits per heavy atom. The number of nitro groups is 1. The van der Waals surface area contributed by atoms with Crippen LogP contribution >= 0.6 is 0 Å². The molecule has 0 atom stereocenters. The van der Waals surface area contributed by atoms with Crippen molar-refractivity contribution in [2.45, 2.75) is 25.8 Å². The quantitative estimate of drug-likeness (QED) is 0.655. The van der Waals surface area contributed by atoms with Crippen molar-refractivity contribution in [2.75, 3.05) is 25.1 Å². The Morgan fingerprint density at radius 3 is 2.79 bits per heavy atom. The number of non-ortho nitro benzene ring substituents is 1. The van der Waals surface area contributed by atoms with E-state index in [4.69, 9.17) is 9.47 Å². The summed E-state index contributed by atoms with van der Waals surface area (Å²) in [7, 11) is 0. The topological polar surface area (TPSA) is 73.6 Å². The maximum Gasteiger partial charge on any atom is 0.275 e. The number of rotatable bonds is 5. The maximum absolute atomic E-state index is 10.9.